The lowest BCUT2D eigenvalue weighted by Gasteiger charge is -2.39. The molecule has 2 saturated heterocycles. The number of fused-ring (bicyclic) bond motifs is 5. The third-order valence-corrected chi connectivity index (χ3v) is 8.48. The summed E-state index contributed by atoms with van der Waals surface area (Å²) in [5, 5.41) is 5.72. The predicted molar refractivity (Wildman–Crippen MR) is 166 cm³/mol. The summed E-state index contributed by atoms with van der Waals surface area (Å²) in [6, 6.07) is 8.22. The van der Waals surface area contributed by atoms with Crippen molar-refractivity contribution in [2.75, 3.05) is 44.8 Å². The van der Waals surface area contributed by atoms with Crippen molar-refractivity contribution >= 4 is 23.7 Å². The summed E-state index contributed by atoms with van der Waals surface area (Å²) >= 11 is 0. The third kappa shape index (κ3) is 6.98. The van der Waals surface area contributed by atoms with Crippen LogP contribution in [0.15, 0.2) is 42.6 Å². The molecule has 0 spiro atoms. The average Bonchev–Trinajstić information content (AvgIpc) is 3.06. The molecule has 1 aromatic heterocycles. The Balaban J connectivity index is 1.27. The van der Waals surface area contributed by atoms with Gasteiger partial charge in [0.25, 0.3) is 17.7 Å². The second-order valence-corrected chi connectivity index (χ2v) is 11.7. The van der Waals surface area contributed by atoms with E-state index in [1.54, 1.807) is 36.2 Å². The van der Waals surface area contributed by atoms with Crippen molar-refractivity contribution in [1.82, 2.24) is 25.5 Å². The van der Waals surface area contributed by atoms with Gasteiger partial charge in [0.15, 0.2) is 18.1 Å². The number of carbonyl (C=O) groups is 3. The number of aromatic nitrogens is 2. The smallest absolute Gasteiger partial charge is 0.258 e. The van der Waals surface area contributed by atoms with Gasteiger partial charge in [0.2, 0.25) is 5.95 Å². The van der Waals surface area contributed by atoms with Crippen molar-refractivity contribution in [1.29, 1.82) is 0 Å². The number of likely N-dealkylation sites (tertiary alicyclic amines) is 1. The van der Waals surface area contributed by atoms with E-state index < -0.39 is 29.8 Å². The first-order valence-electron chi connectivity index (χ1n) is 15.5. The van der Waals surface area contributed by atoms with Gasteiger partial charge >= 0.3 is 0 Å². The first kappa shape index (κ1) is 31.1. The summed E-state index contributed by atoms with van der Waals surface area (Å²) < 4.78 is 31.9. The molecule has 0 aliphatic carbocycles. The Morgan fingerprint density at radius 2 is 1.91 bits per heavy atom. The number of aryl methyl sites for hydroxylation is 1. The SMILES string of the molecule is COc1ccc2cc1OCC(=O)NCc1cc(F)cc(c1)O[C@@H]1CCN(C(=O)c3cnc(N4CCCCC4)nc3C)C[C@@H]1NC2=O. The normalized spacial score (nSPS) is 20.4. The summed E-state index contributed by atoms with van der Waals surface area (Å²) in [5.74, 6) is -0.218. The molecule has 3 aliphatic heterocycles. The minimum Gasteiger partial charge on any atom is -0.493 e. The Labute approximate surface area is 266 Å². The van der Waals surface area contributed by atoms with Crippen LogP contribution in [0.1, 0.15) is 57.7 Å². The summed E-state index contributed by atoms with van der Waals surface area (Å²) in [7, 11) is 1.46. The number of benzene rings is 2. The molecule has 13 heteroatoms. The maximum absolute atomic E-state index is 14.6. The standard InChI is InChI=1S/C33H37FN6O6/c1-20-25(17-36-33(37-20)39-9-4-3-5-10-39)32(43)40-11-8-27-26(18-40)38-31(42)22-6-7-28(44-2)29(14-22)45-19-30(41)35-16-21-12-23(34)15-24(13-21)46-27/h6-7,12-15,17,26-27H,3-5,8-11,16,18-19H2,1-2H3,(H,35,41)(H,38,42)/t26-,27+/m0/s1. The van der Waals surface area contributed by atoms with Crippen molar-refractivity contribution in [2.45, 2.75) is 51.3 Å². The fourth-order valence-electron chi connectivity index (χ4n) is 6.02. The Hall–Kier alpha value is -4.94. The van der Waals surface area contributed by atoms with Crippen LogP contribution in [0, 0.1) is 12.7 Å². The van der Waals surface area contributed by atoms with Gasteiger partial charge in [-0.1, -0.05) is 0 Å². The summed E-state index contributed by atoms with van der Waals surface area (Å²) in [4.78, 5) is 52.8. The van der Waals surface area contributed by atoms with E-state index in [4.69, 9.17) is 14.2 Å². The van der Waals surface area contributed by atoms with E-state index in [-0.39, 0.29) is 42.7 Å². The van der Waals surface area contributed by atoms with E-state index >= 15 is 0 Å². The van der Waals surface area contributed by atoms with E-state index in [0.29, 0.717) is 41.5 Å². The largest absolute Gasteiger partial charge is 0.493 e. The molecule has 242 valence electrons. The minimum absolute atomic E-state index is 0.0541. The Morgan fingerprint density at radius 3 is 2.70 bits per heavy atom. The van der Waals surface area contributed by atoms with E-state index in [1.165, 1.54) is 31.7 Å². The van der Waals surface area contributed by atoms with Crippen molar-refractivity contribution in [3.8, 4) is 17.2 Å². The van der Waals surface area contributed by atoms with Gasteiger partial charge in [0.05, 0.1) is 24.4 Å². The van der Waals surface area contributed by atoms with E-state index in [2.05, 4.69) is 25.5 Å². The molecule has 3 amide bonds. The molecule has 4 bridgehead atoms. The van der Waals surface area contributed by atoms with Gasteiger partial charge in [-0.25, -0.2) is 14.4 Å². The molecule has 2 aromatic carbocycles. The first-order valence-corrected chi connectivity index (χ1v) is 15.5. The fourth-order valence-corrected chi connectivity index (χ4v) is 6.02. The molecular weight excluding hydrogens is 595 g/mol. The number of nitrogens with zero attached hydrogens (tertiary/aromatic N) is 4. The molecule has 46 heavy (non-hydrogen) atoms. The number of anilines is 1. The van der Waals surface area contributed by atoms with Gasteiger partial charge in [-0.05, 0) is 62.1 Å². The van der Waals surface area contributed by atoms with Gasteiger partial charge < -0.3 is 34.6 Å². The maximum atomic E-state index is 14.6. The van der Waals surface area contributed by atoms with Gasteiger partial charge in [-0.2, -0.15) is 0 Å². The molecule has 0 radical (unpaired) electrons. The van der Waals surface area contributed by atoms with Crippen LogP contribution in [0.5, 0.6) is 17.2 Å². The van der Waals surface area contributed by atoms with Crippen molar-refractivity contribution < 1.29 is 33.0 Å². The van der Waals surface area contributed by atoms with Gasteiger partial charge in [-0.3, -0.25) is 14.4 Å². The highest BCUT2D eigenvalue weighted by molar-refractivity contribution is 5.96. The summed E-state index contributed by atoms with van der Waals surface area (Å²) in [5.41, 5.74) is 1.74. The van der Waals surface area contributed by atoms with Crippen LogP contribution in [-0.4, -0.2) is 84.6 Å². The molecule has 0 saturated carbocycles. The second kappa shape index (κ2) is 13.6. The molecule has 2 atom stereocenters. The van der Waals surface area contributed by atoms with E-state index in [9.17, 15) is 18.8 Å². The number of amides is 3. The number of halogens is 1. The number of rotatable bonds is 3. The molecule has 12 nitrogen and oxygen atoms in total. The third-order valence-electron chi connectivity index (χ3n) is 8.48. The zero-order valence-corrected chi connectivity index (χ0v) is 25.9. The monoisotopic (exact) mass is 632 g/mol. The lowest BCUT2D eigenvalue weighted by molar-refractivity contribution is -0.123. The zero-order chi connectivity index (χ0) is 32.2. The minimum atomic E-state index is -0.648. The fraction of sp³-hybridized carbons (Fsp3) is 0.424. The topological polar surface area (TPSA) is 135 Å². The molecule has 0 unspecified atom stereocenters. The van der Waals surface area contributed by atoms with Crippen LogP contribution in [-0.2, 0) is 11.3 Å². The molecular formula is C33H37FN6O6. The average molecular weight is 633 g/mol. The van der Waals surface area contributed by atoms with Crippen molar-refractivity contribution in [3.63, 3.8) is 0 Å². The number of carbonyl (C=O) groups excluding carboxylic acids is 3. The van der Waals surface area contributed by atoms with Crippen molar-refractivity contribution in [3.05, 3.63) is 70.8 Å². The van der Waals surface area contributed by atoms with Crippen molar-refractivity contribution in [2.24, 2.45) is 0 Å². The van der Waals surface area contributed by atoms with Gasteiger partial charge in [0, 0.05) is 57.0 Å². The summed E-state index contributed by atoms with van der Waals surface area (Å²) in [6.45, 7) is 3.78. The highest BCUT2D eigenvalue weighted by atomic mass is 19.1. The van der Waals surface area contributed by atoms with Crippen LogP contribution in [0.2, 0.25) is 0 Å². The van der Waals surface area contributed by atoms with E-state index in [1.807, 2.05) is 0 Å². The molecule has 3 aliphatic rings. The summed E-state index contributed by atoms with van der Waals surface area (Å²) in [6.07, 6.45) is 4.73. The molecule has 6 rings (SSSR count). The van der Waals surface area contributed by atoms with Crippen LogP contribution >= 0.6 is 0 Å². The Morgan fingerprint density at radius 1 is 1.09 bits per heavy atom. The van der Waals surface area contributed by atoms with Crippen LogP contribution in [0.3, 0.4) is 0 Å². The molecule has 4 heterocycles. The van der Waals surface area contributed by atoms with Gasteiger partial charge in [0.1, 0.15) is 17.7 Å². The number of hydrogen-bond donors (Lipinski definition) is 2. The Kier molecular flexibility index (Phi) is 9.18. The number of nitrogens with one attached hydrogen (secondary N) is 2. The number of hydrogen-bond acceptors (Lipinski definition) is 9. The lowest BCUT2D eigenvalue weighted by atomic mass is 9.99. The van der Waals surface area contributed by atoms with Crippen LogP contribution < -0.4 is 29.7 Å². The highest BCUT2D eigenvalue weighted by Crippen LogP contribution is 2.29. The van der Waals surface area contributed by atoms with Gasteiger partial charge in [-0.15, -0.1) is 0 Å². The zero-order valence-electron chi connectivity index (χ0n) is 25.9. The maximum Gasteiger partial charge on any atom is 0.258 e. The number of methoxy groups -OCH3 is 1. The van der Waals surface area contributed by atoms with Crippen LogP contribution in [0.25, 0.3) is 0 Å². The number of piperidine rings is 2. The molecule has 2 N–H and O–H groups in total. The molecule has 3 aromatic rings. The second-order valence-electron chi connectivity index (χ2n) is 11.7. The Bertz CT molecular complexity index is 1630. The van der Waals surface area contributed by atoms with E-state index in [0.717, 1.165) is 25.9 Å². The number of ether oxygens (including phenoxy) is 3. The highest BCUT2D eigenvalue weighted by Gasteiger charge is 2.36. The predicted octanol–water partition coefficient (Wildman–Crippen LogP) is 3.02. The lowest BCUT2D eigenvalue weighted by Crippen LogP contribution is -2.58. The quantitative estimate of drug-likeness (QED) is 0.447. The first-order chi connectivity index (χ1) is 22.3. The van der Waals surface area contributed by atoms with Crippen LogP contribution in [0.4, 0.5) is 10.3 Å². The molecule has 2 fully saturated rings.